The normalized spacial score (nSPS) is 25.7. The zero-order valence-corrected chi connectivity index (χ0v) is 23.8. The molecule has 0 aromatic heterocycles. The summed E-state index contributed by atoms with van der Waals surface area (Å²) in [7, 11) is 0. The Morgan fingerprint density at radius 1 is 0.514 bits per heavy atom. The van der Waals surface area contributed by atoms with Crippen LogP contribution in [0.1, 0.15) is 180 Å². The smallest absolute Gasteiger partial charge is 0.305 e. The van der Waals surface area contributed by atoms with Crippen LogP contribution in [0.25, 0.3) is 0 Å². The van der Waals surface area contributed by atoms with Gasteiger partial charge in [0.2, 0.25) is 0 Å². The van der Waals surface area contributed by atoms with Crippen LogP contribution in [0.2, 0.25) is 0 Å². The van der Waals surface area contributed by atoms with Gasteiger partial charge in [-0.15, -0.1) is 0 Å². The van der Waals surface area contributed by atoms with E-state index in [1.165, 1.54) is 161 Å². The molecule has 2 heteroatoms. The molecule has 1 aliphatic rings. The second kappa shape index (κ2) is 26.3. The summed E-state index contributed by atoms with van der Waals surface area (Å²) in [6.07, 6.45) is 40.6. The molecule has 0 aromatic carbocycles. The Labute approximate surface area is 220 Å². The van der Waals surface area contributed by atoms with Crippen molar-refractivity contribution in [2.45, 2.75) is 180 Å². The molecule has 1 atom stereocenters. The molecule has 0 fully saturated rings. The third-order valence-electron chi connectivity index (χ3n) is 7.76. The maximum Gasteiger partial charge on any atom is 0.305 e. The van der Waals surface area contributed by atoms with Crippen LogP contribution in [0.3, 0.4) is 0 Å². The fourth-order valence-corrected chi connectivity index (χ4v) is 5.27. The van der Waals surface area contributed by atoms with Gasteiger partial charge in [0.25, 0.3) is 0 Å². The van der Waals surface area contributed by atoms with Gasteiger partial charge in [-0.2, -0.15) is 0 Å². The number of hydrogen-bond acceptors (Lipinski definition) is 2. The first-order chi connectivity index (χ1) is 17.3. The van der Waals surface area contributed by atoms with Crippen LogP contribution >= 0.6 is 0 Å². The van der Waals surface area contributed by atoms with E-state index in [0.717, 1.165) is 6.42 Å². The number of allylic oxidation sites excluding steroid dienone is 2. The highest BCUT2D eigenvalue weighted by molar-refractivity contribution is 5.69. The number of cyclic esters (lactones) is 1. The molecule has 206 valence electrons. The first-order valence-electron chi connectivity index (χ1n) is 16.1. The van der Waals surface area contributed by atoms with Gasteiger partial charge in [-0.3, -0.25) is 4.79 Å². The molecule has 0 bridgehead atoms. The van der Waals surface area contributed by atoms with E-state index in [1.807, 2.05) is 0 Å². The molecule has 0 N–H and O–H groups in total. The maximum atomic E-state index is 12.0. The zero-order valence-electron chi connectivity index (χ0n) is 23.8. The molecule has 2 nitrogen and oxygen atoms in total. The van der Waals surface area contributed by atoms with Crippen molar-refractivity contribution in [3.63, 3.8) is 0 Å². The van der Waals surface area contributed by atoms with E-state index >= 15 is 0 Å². The van der Waals surface area contributed by atoms with Gasteiger partial charge in [0.15, 0.2) is 0 Å². The third kappa shape index (κ3) is 24.7. The van der Waals surface area contributed by atoms with Crippen LogP contribution in [0.5, 0.6) is 0 Å². The van der Waals surface area contributed by atoms with Crippen LogP contribution < -0.4 is 0 Å². The Hall–Kier alpha value is -0.790. The molecule has 0 spiro atoms. The predicted molar refractivity (Wildman–Crippen MR) is 154 cm³/mol. The van der Waals surface area contributed by atoms with Gasteiger partial charge in [0.05, 0.1) is 6.61 Å². The summed E-state index contributed by atoms with van der Waals surface area (Å²) in [5, 5.41) is 0. The van der Waals surface area contributed by atoms with E-state index in [9.17, 15) is 4.79 Å². The van der Waals surface area contributed by atoms with Gasteiger partial charge in [-0.05, 0) is 44.4 Å². The largest absolute Gasteiger partial charge is 0.465 e. The quantitative estimate of drug-likeness (QED) is 0.249. The van der Waals surface area contributed by atoms with Gasteiger partial charge < -0.3 is 4.74 Å². The van der Waals surface area contributed by atoms with Gasteiger partial charge in [0, 0.05) is 6.42 Å². The van der Waals surface area contributed by atoms with E-state index in [2.05, 4.69) is 19.1 Å². The van der Waals surface area contributed by atoms with Crippen molar-refractivity contribution < 1.29 is 9.53 Å². The molecule has 0 saturated carbocycles. The molecule has 1 aliphatic heterocycles. The molecule has 0 saturated heterocycles. The Morgan fingerprint density at radius 2 is 0.857 bits per heavy atom. The van der Waals surface area contributed by atoms with Crippen molar-refractivity contribution in [3.8, 4) is 0 Å². The molecule has 1 heterocycles. The van der Waals surface area contributed by atoms with Gasteiger partial charge >= 0.3 is 5.97 Å². The second-order valence-electron chi connectivity index (χ2n) is 11.5. The number of carbonyl (C=O) groups excluding carboxylic acids is 1. The van der Waals surface area contributed by atoms with E-state index < -0.39 is 0 Å². The lowest BCUT2D eigenvalue weighted by Crippen LogP contribution is -2.11. The average Bonchev–Trinajstić information content (AvgIpc) is 2.86. The fraction of sp³-hybridized carbons (Fsp3) is 0.909. The summed E-state index contributed by atoms with van der Waals surface area (Å²) in [6, 6.07) is 0. The van der Waals surface area contributed by atoms with E-state index in [-0.39, 0.29) is 5.97 Å². The standard InChI is InChI=1S/C33H62O2/c1-32-29-27-25-23-21-19-17-15-13-11-9-7-5-3-2-4-6-8-10-12-14-16-18-20-22-24-26-28-30-33(34)35-31-32/h13,15,32H,2-12,14,16-31H2,1H3/b15-13-. The predicted octanol–water partition coefficient (Wildman–Crippen LogP) is 11.3. The van der Waals surface area contributed by atoms with Crippen LogP contribution in [0, 0.1) is 5.92 Å². The Balaban J connectivity index is 2.15. The van der Waals surface area contributed by atoms with E-state index in [4.69, 9.17) is 4.74 Å². The van der Waals surface area contributed by atoms with Crippen LogP contribution in [-0.4, -0.2) is 12.6 Å². The zero-order chi connectivity index (χ0) is 25.1. The molecular weight excluding hydrogens is 428 g/mol. The van der Waals surface area contributed by atoms with Crippen molar-refractivity contribution in [2.24, 2.45) is 5.92 Å². The summed E-state index contributed by atoms with van der Waals surface area (Å²) < 4.78 is 5.53. The number of ether oxygens (including phenoxy) is 1. The molecule has 0 radical (unpaired) electrons. The minimum absolute atomic E-state index is 0.0199. The lowest BCUT2D eigenvalue weighted by Gasteiger charge is -2.12. The van der Waals surface area contributed by atoms with Crippen molar-refractivity contribution in [1.29, 1.82) is 0 Å². The monoisotopic (exact) mass is 490 g/mol. The Kier molecular flexibility index (Phi) is 24.2. The van der Waals surface area contributed by atoms with E-state index in [1.54, 1.807) is 0 Å². The van der Waals surface area contributed by atoms with Crippen molar-refractivity contribution in [2.75, 3.05) is 6.61 Å². The molecule has 35 heavy (non-hydrogen) atoms. The maximum absolute atomic E-state index is 12.0. The highest BCUT2D eigenvalue weighted by atomic mass is 16.5. The lowest BCUT2D eigenvalue weighted by atomic mass is 10.0. The summed E-state index contributed by atoms with van der Waals surface area (Å²) >= 11 is 0. The SMILES string of the molecule is CC1CCCCCCC/C=C\CCCCCCCCCCCCCCCCCCCCC(=O)OC1. The molecule has 0 amide bonds. The molecule has 1 rings (SSSR count). The first-order valence-corrected chi connectivity index (χ1v) is 16.1. The van der Waals surface area contributed by atoms with Crippen LogP contribution in [0.15, 0.2) is 12.2 Å². The lowest BCUT2D eigenvalue weighted by molar-refractivity contribution is -0.145. The van der Waals surface area contributed by atoms with Crippen molar-refractivity contribution in [1.82, 2.24) is 0 Å². The number of esters is 1. The van der Waals surface area contributed by atoms with Crippen molar-refractivity contribution in [3.05, 3.63) is 12.2 Å². The second-order valence-corrected chi connectivity index (χ2v) is 11.5. The highest BCUT2D eigenvalue weighted by Gasteiger charge is 2.07. The van der Waals surface area contributed by atoms with Gasteiger partial charge in [-0.1, -0.05) is 147 Å². The average molecular weight is 491 g/mol. The molecule has 0 aromatic rings. The van der Waals surface area contributed by atoms with Gasteiger partial charge in [0.1, 0.15) is 0 Å². The van der Waals surface area contributed by atoms with Crippen LogP contribution in [-0.2, 0) is 9.53 Å². The van der Waals surface area contributed by atoms with Crippen LogP contribution in [0.4, 0.5) is 0 Å². The number of rotatable bonds is 0. The fourth-order valence-electron chi connectivity index (χ4n) is 5.27. The Morgan fingerprint density at radius 3 is 1.29 bits per heavy atom. The highest BCUT2D eigenvalue weighted by Crippen LogP contribution is 2.16. The van der Waals surface area contributed by atoms with E-state index in [0.29, 0.717) is 18.9 Å². The van der Waals surface area contributed by atoms with Gasteiger partial charge in [-0.25, -0.2) is 0 Å². The summed E-state index contributed by atoms with van der Waals surface area (Å²) in [4.78, 5) is 12.0. The summed E-state index contributed by atoms with van der Waals surface area (Å²) in [5.41, 5.74) is 0. The summed E-state index contributed by atoms with van der Waals surface area (Å²) in [5.74, 6) is 0.520. The number of hydrogen-bond donors (Lipinski definition) is 0. The molecule has 0 aliphatic carbocycles. The molecular formula is C33H62O2. The minimum atomic E-state index is 0.0199. The topological polar surface area (TPSA) is 26.3 Å². The van der Waals surface area contributed by atoms with Crippen molar-refractivity contribution >= 4 is 5.97 Å². The Bertz CT molecular complexity index is 470. The molecule has 1 unspecified atom stereocenters. The third-order valence-corrected chi connectivity index (χ3v) is 7.76. The number of carbonyl (C=O) groups is 1. The minimum Gasteiger partial charge on any atom is -0.465 e. The first kappa shape index (κ1) is 32.2. The summed E-state index contributed by atoms with van der Waals surface area (Å²) in [6.45, 7) is 2.84.